The van der Waals surface area contributed by atoms with Crippen molar-refractivity contribution in [3.05, 3.63) is 23.8 Å². The number of sulfone groups is 1. The summed E-state index contributed by atoms with van der Waals surface area (Å²) in [5, 5.41) is 3.10. The summed E-state index contributed by atoms with van der Waals surface area (Å²) in [6.45, 7) is 5.54. The number of amides is 1. The van der Waals surface area contributed by atoms with Gasteiger partial charge in [0.1, 0.15) is 0 Å². The maximum absolute atomic E-state index is 12.6. The van der Waals surface area contributed by atoms with Gasteiger partial charge in [-0.3, -0.25) is 9.69 Å². The number of likely N-dealkylation sites (N-methyl/N-ethyl adjacent to an activating group) is 1. The van der Waals surface area contributed by atoms with Gasteiger partial charge in [0.15, 0.2) is 21.3 Å². The van der Waals surface area contributed by atoms with E-state index in [1.165, 1.54) is 0 Å². The maximum Gasteiger partial charge on any atom is 0.234 e. The van der Waals surface area contributed by atoms with E-state index >= 15 is 0 Å². The first-order valence-corrected chi connectivity index (χ1v) is 11.7. The highest BCUT2D eigenvalue weighted by Gasteiger charge is 2.31. The van der Waals surface area contributed by atoms with Crippen molar-refractivity contribution in [2.24, 2.45) is 5.92 Å². The average Bonchev–Trinajstić information content (AvgIpc) is 2.85. The molecule has 7 nitrogen and oxygen atoms in total. The second-order valence-corrected chi connectivity index (χ2v) is 10.2. The van der Waals surface area contributed by atoms with E-state index in [0.29, 0.717) is 25.4 Å². The minimum absolute atomic E-state index is 0.0914. The number of hydrogen-bond donors (Lipinski definition) is 1. The fraction of sp³-hybridized carbons (Fsp3) is 0.650. The SMILES string of the molecule is CC(C)C(NC(=O)CN(C)C1CCS(=O)(=O)C1)c1ccc2c(c1)OCCCO2. The zero-order chi connectivity index (χ0) is 20.3. The molecule has 8 heteroatoms. The topological polar surface area (TPSA) is 84.9 Å². The van der Waals surface area contributed by atoms with E-state index in [2.05, 4.69) is 19.2 Å². The smallest absolute Gasteiger partial charge is 0.234 e. The average molecular weight is 411 g/mol. The number of carbonyl (C=O) groups excluding carboxylic acids is 1. The Kier molecular flexibility index (Phi) is 6.50. The molecule has 1 fully saturated rings. The highest BCUT2D eigenvalue weighted by molar-refractivity contribution is 7.91. The van der Waals surface area contributed by atoms with Crippen LogP contribution in [0.2, 0.25) is 0 Å². The lowest BCUT2D eigenvalue weighted by molar-refractivity contribution is -0.123. The number of hydrogen-bond acceptors (Lipinski definition) is 6. The summed E-state index contributed by atoms with van der Waals surface area (Å²) < 4.78 is 34.8. The predicted octanol–water partition coefficient (Wildman–Crippen LogP) is 1.78. The first-order valence-electron chi connectivity index (χ1n) is 9.85. The lowest BCUT2D eigenvalue weighted by atomic mass is 9.95. The number of rotatable bonds is 6. The molecule has 0 aliphatic carbocycles. The van der Waals surface area contributed by atoms with Crippen LogP contribution >= 0.6 is 0 Å². The summed E-state index contributed by atoms with van der Waals surface area (Å²) in [6, 6.07) is 5.55. The minimum atomic E-state index is -2.97. The molecule has 1 aromatic rings. The van der Waals surface area contributed by atoms with E-state index in [-0.39, 0.29) is 42.0 Å². The van der Waals surface area contributed by atoms with Crippen molar-refractivity contribution in [3.63, 3.8) is 0 Å². The molecule has 1 aromatic carbocycles. The molecule has 0 aromatic heterocycles. The van der Waals surface area contributed by atoms with Crippen LogP contribution in [0.5, 0.6) is 11.5 Å². The molecule has 0 bridgehead atoms. The van der Waals surface area contributed by atoms with Crippen molar-refractivity contribution in [3.8, 4) is 11.5 Å². The summed E-state index contributed by atoms with van der Waals surface area (Å²) in [4.78, 5) is 14.5. The number of fused-ring (bicyclic) bond motifs is 1. The molecule has 2 aliphatic rings. The van der Waals surface area contributed by atoms with Crippen LogP contribution in [0, 0.1) is 5.92 Å². The van der Waals surface area contributed by atoms with Gasteiger partial charge in [0.2, 0.25) is 5.91 Å². The van der Waals surface area contributed by atoms with Gasteiger partial charge in [-0.05, 0) is 37.1 Å². The fourth-order valence-corrected chi connectivity index (χ4v) is 5.51. The molecule has 156 valence electrons. The zero-order valence-electron chi connectivity index (χ0n) is 16.8. The molecule has 3 rings (SSSR count). The Balaban J connectivity index is 1.66. The molecule has 2 heterocycles. The van der Waals surface area contributed by atoms with Gasteiger partial charge in [0.25, 0.3) is 0 Å². The summed E-state index contributed by atoms with van der Waals surface area (Å²) in [7, 11) is -1.16. The minimum Gasteiger partial charge on any atom is -0.490 e. The molecule has 28 heavy (non-hydrogen) atoms. The van der Waals surface area contributed by atoms with Crippen LogP contribution in [-0.4, -0.2) is 63.6 Å². The quantitative estimate of drug-likeness (QED) is 0.770. The van der Waals surface area contributed by atoms with E-state index in [4.69, 9.17) is 9.47 Å². The van der Waals surface area contributed by atoms with Gasteiger partial charge in [0.05, 0.1) is 37.3 Å². The third kappa shape index (κ3) is 5.17. The molecule has 0 spiro atoms. The Morgan fingerprint density at radius 3 is 2.61 bits per heavy atom. The number of nitrogens with zero attached hydrogens (tertiary/aromatic N) is 1. The monoisotopic (exact) mass is 410 g/mol. The molecule has 2 unspecified atom stereocenters. The number of benzene rings is 1. The second kappa shape index (κ2) is 8.69. The Morgan fingerprint density at radius 1 is 1.25 bits per heavy atom. The van der Waals surface area contributed by atoms with Crippen molar-refractivity contribution in [2.45, 2.75) is 38.8 Å². The van der Waals surface area contributed by atoms with E-state index in [9.17, 15) is 13.2 Å². The van der Waals surface area contributed by atoms with Crippen LogP contribution in [0.4, 0.5) is 0 Å². The largest absolute Gasteiger partial charge is 0.490 e. The van der Waals surface area contributed by atoms with Crippen molar-refractivity contribution >= 4 is 15.7 Å². The molecule has 2 atom stereocenters. The summed E-state index contributed by atoms with van der Waals surface area (Å²) in [6.07, 6.45) is 1.43. The third-order valence-corrected chi connectivity index (χ3v) is 7.09. The van der Waals surface area contributed by atoms with Gasteiger partial charge in [-0.2, -0.15) is 0 Å². The summed E-state index contributed by atoms with van der Waals surface area (Å²) >= 11 is 0. The third-order valence-electron chi connectivity index (χ3n) is 5.34. The molecule has 2 aliphatic heterocycles. The van der Waals surface area contributed by atoms with E-state index in [1.54, 1.807) is 0 Å². The first-order chi connectivity index (χ1) is 13.2. The van der Waals surface area contributed by atoms with Gasteiger partial charge < -0.3 is 14.8 Å². The van der Waals surface area contributed by atoms with Gasteiger partial charge in [0, 0.05) is 12.5 Å². The van der Waals surface area contributed by atoms with Crippen LogP contribution < -0.4 is 14.8 Å². The Bertz CT molecular complexity index is 809. The van der Waals surface area contributed by atoms with Gasteiger partial charge >= 0.3 is 0 Å². The Labute approximate surface area is 167 Å². The predicted molar refractivity (Wildman–Crippen MR) is 107 cm³/mol. The van der Waals surface area contributed by atoms with Crippen LogP contribution in [0.3, 0.4) is 0 Å². The van der Waals surface area contributed by atoms with Gasteiger partial charge in [-0.25, -0.2) is 8.42 Å². The van der Waals surface area contributed by atoms with Crippen LogP contribution in [0.15, 0.2) is 18.2 Å². The van der Waals surface area contributed by atoms with E-state index in [0.717, 1.165) is 17.7 Å². The maximum atomic E-state index is 12.6. The summed E-state index contributed by atoms with van der Waals surface area (Å²) in [5.74, 6) is 1.85. The van der Waals surface area contributed by atoms with E-state index < -0.39 is 9.84 Å². The highest BCUT2D eigenvalue weighted by Crippen LogP contribution is 2.34. The lowest BCUT2D eigenvalue weighted by Gasteiger charge is -2.27. The molecule has 0 saturated carbocycles. The number of carbonyl (C=O) groups is 1. The normalized spacial score (nSPS) is 22.1. The Hall–Kier alpha value is -1.80. The van der Waals surface area contributed by atoms with Crippen molar-refractivity contribution < 1.29 is 22.7 Å². The first kappa shape index (κ1) is 20.9. The van der Waals surface area contributed by atoms with E-state index in [1.807, 2.05) is 30.1 Å². The molecular formula is C20H30N2O5S. The molecular weight excluding hydrogens is 380 g/mol. The molecule has 1 amide bonds. The highest BCUT2D eigenvalue weighted by atomic mass is 32.2. The van der Waals surface area contributed by atoms with Gasteiger partial charge in [-0.1, -0.05) is 19.9 Å². The molecule has 0 radical (unpaired) electrons. The standard InChI is InChI=1S/C20H30N2O5S/c1-14(2)20(15-5-6-17-18(11-15)27-9-4-8-26-17)21-19(23)12-22(3)16-7-10-28(24,25)13-16/h5-6,11,14,16,20H,4,7-10,12-13H2,1-3H3,(H,21,23). The number of nitrogens with one attached hydrogen (secondary N) is 1. The fourth-order valence-electron chi connectivity index (χ4n) is 3.71. The van der Waals surface area contributed by atoms with Crippen LogP contribution in [0.1, 0.15) is 38.3 Å². The van der Waals surface area contributed by atoms with Crippen molar-refractivity contribution in [2.75, 3.05) is 38.3 Å². The second-order valence-electron chi connectivity index (χ2n) is 8.02. The number of ether oxygens (including phenoxy) is 2. The van der Waals surface area contributed by atoms with Crippen LogP contribution in [-0.2, 0) is 14.6 Å². The zero-order valence-corrected chi connectivity index (χ0v) is 17.6. The van der Waals surface area contributed by atoms with Crippen molar-refractivity contribution in [1.29, 1.82) is 0 Å². The van der Waals surface area contributed by atoms with Crippen molar-refractivity contribution in [1.82, 2.24) is 10.2 Å². The molecule has 1 saturated heterocycles. The lowest BCUT2D eigenvalue weighted by Crippen LogP contribution is -2.43. The van der Waals surface area contributed by atoms with Gasteiger partial charge in [-0.15, -0.1) is 0 Å². The van der Waals surface area contributed by atoms with Crippen LogP contribution in [0.25, 0.3) is 0 Å². The summed E-state index contributed by atoms with van der Waals surface area (Å²) in [5.41, 5.74) is 0.971. The molecule has 1 N–H and O–H groups in total. The Morgan fingerprint density at radius 2 is 1.96 bits per heavy atom.